The predicted octanol–water partition coefficient (Wildman–Crippen LogP) is 1.63. The van der Waals surface area contributed by atoms with Crippen LogP contribution in [0.1, 0.15) is 30.2 Å². The van der Waals surface area contributed by atoms with Crippen molar-refractivity contribution in [3.8, 4) is 5.75 Å². The summed E-state index contributed by atoms with van der Waals surface area (Å²) in [7, 11) is 1.64. The molecule has 0 bridgehead atoms. The van der Waals surface area contributed by atoms with Crippen molar-refractivity contribution in [3.63, 3.8) is 0 Å². The lowest BCUT2D eigenvalue weighted by atomic mass is 10.1. The van der Waals surface area contributed by atoms with Gasteiger partial charge in [-0.25, -0.2) is 0 Å². The Morgan fingerprint density at radius 2 is 2.00 bits per heavy atom. The number of methoxy groups -OCH3 is 1. The number of amides is 1. The quantitative estimate of drug-likeness (QED) is 0.697. The summed E-state index contributed by atoms with van der Waals surface area (Å²) in [4.78, 5) is 14.7. The molecule has 0 N–H and O–H groups in total. The van der Waals surface area contributed by atoms with Crippen molar-refractivity contribution in [2.75, 3.05) is 7.11 Å². The van der Waals surface area contributed by atoms with Gasteiger partial charge in [0.1, 0.15) is 18.3 Å². The first kappa shape index (κ1) is 16.3. The highest BCUT2D eigenvalue weighted by atomic mass is 16.5. The average Bonchev–Trinajstić information content (AvgIpc) is 3.30. The van der Waals surface area contributed by atoms with Gasteiger partial charge in [0, 0.05) is 18.9 Å². The molecular weight excluding hydrogens is 332 g/mol. The summed E-state index contributed by atoms with van der Waals surface area (Å²) in [6.07, 6.45) is 3.59. The minimum atomic E-state index is -0.336. The number of nitrogens with zero attached hydrogens (tertiary/aromatic N) is 6. The van der Waals surface area contributed by atoms with Crippen LogP contribution in [0.3, 0.4) is 0 Å². The second-order valence-corrected chi connectivity index (χ2v) is 6.32. The van der Waals surface area contributed by atoms with Gasteiger partial charge in [-0.1, -0.05) is 12.1 Å². The van der Waals surface area contributed by atoms with Crippen LogP contribution in [0.5, 0.6) is 5.75 Å². The average molecular weight is 352 g/mol. The zero-order valence-electron chi connectivity index (χ0n) is 14.7. The molecule has 134 valence electrons. The molecule has 3 aromatic rings. The molecule has 8 heteroatoms. The molecule has 4 rings (SSSR count). The lowest BCUT2D eigenvalue weighted by Gasteiger charge is -2.32. The molecule has 1 aromatic carbocycles. The number of ether oxygens (including phenoxy) is 1. The van der Waals surface area contributed by atoms with E-state index in [9.17, 15) is 4.79 Å². The largest absolute Gasteiger partial charge is 0.497 e. The smallest absolute Gasteiger partial charge is 0.246 e. The third-order valence-corrected chi connectivity index (χ3v) is 4.62. The number of fused-ring (bicyclic) bond motifs is 1. The molecular formula is C18H20N6O2. The summed E-state index contributed by atoms with van der Waals surface area (Å²) in [5, 5.41) is 12.8. The van der Waals surface area contributed by atoms with Gasteiger partial charge >= 0.3 is 0 Å². The third kappa shape index (κ3) is 2.94. The van der Waals surface area contributed by atoms with Gasteiger partial charge in [-0.15, -0.1) is 10.2 Å². The lowest BCUT2D eigenvalue weighted by molar-refractivity contribution is -0.137. The number of rotatable bonds is 5. The minimum Gasteiger partial charge on any atom is -0.497 e. The van der Waals surface area contributed by atoms with E-state index in [2.05, 4.69) is 15.3 Å². The Labute approximate surface area is 151 Å². The van der Waals surface area contributed by atoms with Gasteiger partial charge in [0.2, 0.25) is 5.91 Å². The molecule has 0 radical (unpaired) electrons. The number of aromatic nitrogens is 5. The van der Waals surface area contributed by atoms with E-state index in [0.29, 0.717) is 19.6 Å². The van der Waals surface area contributed by atoms with Crippen LogP contribution in [0.4, 0.5) is 0 Å². The van der Waals surface area contributed by atoms with Crippen molar-refractivity contribution in [3.05, 3.63) is 59.9 Å². The molecule has 0 spiro atoms. The van der Waals surface area contributed by atoms with Crippen LogP contribution in [0, 0.1) is 0 Å². The fraction of sp³-hybridized carbons (Fsp3) is 0.333. The maximum atomic E-state index is 12.9. The summed E-state index contributed by atoms with van der Waals surface area (Å²) in [6, 6.07) is 9.27. The van der Waals surface area contributed by atoms with E-state index in [1.54, 1.807) is 18.0 Å². The van der Waals surface area contributed by atoms with Gasteiger partial charge in [0.15, 0.2) is 11.6 Å². The van der Waals surface area contributed by atoms with Crippen LogP contribution < -0.4 is 4.74 Å². The van der Waals surface area contributed by atoms with E-state index in [-0.39, 0.29) is 11.9 Å². The van der Waals surface area contributed by atoms with Crippen molar-refractivity contribution >= 4 is 5.91 Å². The summed E-state index contributed by atoms with van der Waals surface area (Å²) in [5.74, 6) is 2.41. The van der Waals surface area contributed by atoms with Gasteiger partial charge < -0.3 is 9.64 Å². The molecule has 0 unspecified atom stereocenters. The van der Waals surface area contributed by atoms with Gasteiger partial charge in [-0.05, 0) is 30.7 Å². The van der Waals surface area contributed by atoms with Gasteiger partial charge in [-0.3, -0.25) is 14.0 Å². The normalized spacial score (nSPS) is 16.6. The van der Waals surface area contributed by atoms with Crippen LogP contribution >= 0.6 is 0 Å². The number of hydrogen-bond acceptors (Lipinski definition) is 5. The summed E-state index contributed by atoms with van der Waals surface area (Å²) >= 11 is 0. The maximum absolute atomic E-state index is 12.9. The Morgan fingerprint density at radius 3 is 2.69 bits per heavy atom. The molecule has 0 saturated heterocycles. The highest BCUT2D eigenvalue weighted by Crippen LogP contribution is 2.25. The van der Waals surface area contributed by atoms with E-state index in [0.717, 1.165) is 23.0 Å². The first-order valence-corrected chi connectivity index (χ1v) is 8.47. The van der Waals surface area contributed by atoms with Gasteiger partial charge in [-0.2, -0.15) is 5.10 Å². The SMILES string of the molecule is COc1ccc(CN2Cc3nnc(Cn4cccn4)n3[C@@H](C)C2=O)cc1. The fourth-order valence-electron chi connectivity index (χ4n) is 3.27. The molecule has 0 fully saturated rings. The predicted molar refractivity (Wildman–Crippen MR) is 93.3 cm³/mol. The third-order valence-electron chi connectivity index (χ3n) is 4.62. The standard InChI is InChI=1S/C18H20N6O2/c1-13-18(25)22(10-14-4-6-15(26-2)7-5-14)11-16-20-21-17(24(13)16)12-23-9-3-8-19-23/h3-9,13H,10-12H2,1-2H3/t13-/m0/s1. The topological polar surface area (TPSA) is 78.1 Å². The molecule has 0 aliphatic carbocycles. The Morgan fingerprint density at radius 1 is 1.19 bits per heavy atom. The van der Waals surface area contributed by atoms with Crippen LogP contribution in [0.15, 0.2) is 42.7 Å². The monoisotopic (exact) mass is 352 g/mol. The Hall–Kier alpha value is -3.16. The van der Waals surface area contributed by atoms with E-state index in [1.165, 1.54) is 0 Å². The zero-order chi connectivity index (χ0) is 18.1. The molecule has 2 aromatic heterocycles. The molecule has 1 amide bonds. The lowest BCUT2D eigenvalue weighted by Crippen LogP contribution is -2.41. The van der Waals surface area contributed by atoms with E-state index < -0.39 is 0 Å². The first-order chi connectivity index (χ1) is 12.7. The number of carbonyl (C=O) groups excluding carboxylic acids is 1. The van der Waals surface area contributed by atoms with E-state index in [1.807, 2.05) is 52.9 Å². The van der Waals surface area contributed by atoms with Crippen LogP contribution in [-0.2, 0) is 24.4 Å². The number of carbonyl (C=O) groups is 1. The molecule has 0 saturated carbocycles. The highest BCUT2D eigenvalue weighted by molar-refractivity contribution is 5.81. The number of hydrogen-bond donors (Lipinski definition) is 0. The second-order valence-electron chi connectivity index (χ2n) is 6.32. The van der Waals surface area contributed by atoms with E-state index in [4.69, 9.17) is 4.74 Å². The maximum Gasteiger partial charge on any atom is 0.246 e. The Balaban J connectivity index is 1.55. The molecule has 1 aliphatic heterocycles. The Bertz CT molecular complexity index is 900. The highest BCUT2D eigenvalue weighted by Gasteiger charge is 2.33. The van der Waals surface area contributed by atoms with Crippen LogP contribution in [-0.4, -0.2) is 42.5 Å². The summed E-state index contributed by atoms with van der Waals surface area (Å²) < 4.78 is 8.88. The number of benzene rings is 1. The van der Waals surface area contributed by atoms with Crippen LogP contribution in [0.25, 0.3) is 0 Å². The second kappa shape index (κ2) is 6.62. The minimum absolute atomic E-state index is 0.0647. The zero-order valence-corrected chi connectivity index (χ0v) is 14.7. The molecule has 8 nitrogen and oxygen atoms in total. The van der Waals surface area contributed by atoms with Gasteiger partial charge in [0.25, 0.3) is 0 Å². The fourth-order valence-corrected chi connectivity index (χ4v) is 3.27. The molecule has 1 aliphatic rings. The molecule has 3 heterocycles. The van der Waals surface area contributed by atoms with Crippen molar-refractivity contribution in [1.29, 1.82) is 0 Å². The van der Waals surface area contributed by atoms with Crippen LogP contribution in [0.2, 0.25) is 0 Å². The van der Waals surface area contributed by atoms with E-state index >= 15 is 0 Å². The van der Waals surface area contributed by atoms with Crippen molar-refractivity contribution in [1.82, 2.24) is 29.4 Å². The summed E-state index contributed by atoms with van der Waals surface area (Å²) in [5.41, 5.74) is 1.05. The van der Waals surface area contributed by atoms with Crippen molar-refractivity contribution < 1.29 is 9.53 Å². The van der Waals surface area contributed by atoms with Crippen molar-refractivity contribution in [2.24, 2.45) is 0 Å². The Kier molecular flexibility index (Phi) is 4.16. The summed E-state index contributed by atoms with van der Waals surface area (Å²) in [6.45, 7) is 3.37. The molecule has 26 heavy (non-hydrogen) atoms. The molecule has 1 atom stereocenters. The first-order valence-electron chi connectivity index (χ1n) is 8.47. The van der Waals surface area contributed by atoms with Crippen molar-refractivity contribution in [2.45, 2.75) is 32.6 Å². The van der Waals surface area contributed by atoms with Gasteiger partial charge in [0.05, 0.1) is 13.7 Å².